The van der Waals surface area contributed by atoms with Gasteiger partial charge in [-0.05, 0) is 50.8 Å². The van der Waals surface area contributed by atoms with Gasteiger partial charge in [-0.1, -0.05) is 17.7 Å². The van der Waals surface area contributed by atoms with Crippen molar-refractivity contribution in [3.05, 3.63) is 34.6 Å². The second-order valence-electron chi connectivity index (χ2n) is 6.94. The number of amides is 1. The van der Waals surface area contributed by atoms with Gasteiger partial charge in [0.2, 0.25) is 0 Å². The molecule has 128 valence electrons. The maximum absolute atomic E-state index is 13.7. The molecule has 2 atom stereocenters. The lowest BCUT2D eigenvalue weighted by atomic mass is 9.81. The summed E-state index contributed by atoms with van der Waals surface area (Å²) in [6.07, 6.45) is 0.266. The molecule has 0 bridgehead atoms. The average Bonchev–Trinajstić information content (AvgIpc) is 2.47. The number of piperidine rings is 1. The van der Waals surface area contributed by atoms with Crippen molar-refractivity contribution < 1.29 is 19.0 Å². The summed E-state index contributed by atoms with van der Waals surface area (Å²) in [4.78, 5) is 13.8. The Bertz CT molecular complexity index is 573. The van der Waals surface area contributed by atoms with E-state index in [-0.39, 0.29) is 29.6 Å². The molecule has 2 rings (SSSR count). The van der Waals surface area contributed by atoms with E-state index in [9.17, 15) is 14.3 Å². The van der Waals surface area contributed by atoms with Crippen molar-refractivity contribution in [2.75, 3.05) is 19.7 Å². The summed E-state index contributed by atoms with van der Waals surface area (Å²) in [5.74, 6) is -0.627. The van der Waals surface area contributed by atoms with Crippen molar-refractivity contribution in [3.8, 4) is 0 Å². The van der Waals surface area contributed by atoms with E-state index in [4.69, 9.17) is 16.3 Å². The second-order valence-corrected chi connectivity index (χ2v) is 7.34. The van der Waals surface area contributed by atoms with Crippen LogP contribution in [0.1, 0.15) is 38.7 Å². The number of rotatable bonds is 2. The molecule has 0 radical (unpaired) electrons. The van der Waals surface area contributed by atoms with Crippen LogP contribution >= 0.6 is 11.6 Å². The number of halogens is 2. The molecular formula is C17H23ClFNO3. The molecule has 1 N–H and O–H groups in total. The molecule has 1 aromatic rings. The summed E-state index contributed by atoms with van der Waals surface area (Å²) < 4.78 is 19.1. The van der Waals surface area contributed by atoms with Crippen molar-refractivity contribution in [1.29, 1.82) is 0 Å². The van der Waals surface area contributed by atoms with Gasteiger partial charge in [-0.3, -0.25) is 0 Å². The molecule has 0 saturated carbocycles. The number of hydrogen-bond donors (Lipinski definition) is 1. The molecule has 0 aromatic heterocycles. The SMILES string of the molecule is CC(C)(C)OC(=O)N1CCC(c2ccc(Cl)c(F)c2)[C@H](CO)C1. The molecule has 1 saturated heterocycles. The van der Waals surface area contributed by atoms with E-state index in [0.717, 1.165) is 5.56 Å². The minimum absolute atomic E-state index is 0.00884. The van der Waals surface area contributed by atoms with Crippen LogP contribution in [0.25, 0.3) is 0 Å². The van der Waals surface area contributed by atoms with E-state index >= 15 is 0 Å². The van der Waals surface area contributed by atoms with Gasteiger partial charge in [0.25, 0.3) is 0 Å². The number of benzene rings is 1. The molecule has 1 aliphatic heterocycles. The molecule has 1 heterocycles. The molecule has 1 aliphatic rings. The van der Waals surface area contributed by atoms with Crippen LogP contribution in [0.5, 0.6) is 0 Å². The predicted octanol–water partition coefficient (Wildman–Crippen LogP) is 3.81. The van der Waals surface area contributed by atoms with Crippen molar-refractivity contribution in [3.63, 3.8) is 0 Å². The van der Waals surface area contributed by atoms with Crippen molar-refractivity contribution in [2.45, 2.75) is 38.7 Å². The molecule has 23 heavy (non-hydrogen) atoms. The summed E-state index contributed by atoms with van der Waals surface area (Å²) in [6.45, 7) is 6.28. The van der Waals surface area contributed by atoms with Gasteiger partial charge in [0.05, 0.1) is 5.02 Å². The Labute approximate surface area is 141 Å². The first-order valence-electron chi connectivity index (χ1n) is 7.75. The minimum atomic E-state index is -0.554. The van der Waals surface area contributed by atoms with Crippen molar-refractivity contribution in [1.82, 2.24) is 4.90 Å². The fourth-order valence-corrected chi connectivity index (χ4v) is 3.01. The Hall–Kier alpha value is -1.33. The van der Waals surface area contributed by atoms with Crippen molar-refractivity contribution in [2.24, 2.45) is 5.92 Å². The third-order valence-corrected chi connectivity index (χ3v) is 4.30. The Morgan fingerprint density at radius 1 is 1.48 bits per heavy atom. The van der Waals surface area contributed by atoms with Crippen LogP contribution in [-0.2, 0) is 4.74 Å². The number of carbonyl (C=O) groups excluding carboxylic acids is 1. The van der Waals surface area contributed by atoms with Gasteiger partial charge in [0, 0.05) is 25.6 Å². The fourth-order valence-electron chi connectivity index (χ4n) is 2.89. The third kappa shape index (κ3) is 4.58. The first-order valence-corrected chi connectivity index (χ1v) is 8.13. The summed E-state index contributed by atoms with van der Waals surface area (Å²) in [5.41, 5.74) is 0.247. The molecule has 1 aromatic carbocycles. The number of carbonyl (C=O) groups is 1. The fraction of sp³-hybridized carbons (Fsp3) is 0.588. The van der Waals surface area contributed by atoms with Crippen LogP contribution in [0.4, 0.5) is 9.18 Å². The monoisotopic (exact) mass is 343 g/mol. The molecule has 1 amide bonds. The lowest BCUT2D eigenvalue weighted by Crippen LogP contribution is -2.46. The van der Waals surface area contributed by atoms with Crippen LogP contribution in [0.3, 0.4) is 0 Å². The normalized spacial score (nSPS) is 22.1. The highest BCUT2D eigenvalue weighted by Crippen LogP contribution is 2.34. The molecule has 1 unspecified atom stereocenters. The van der Waals surface area contributed by atoms with Crippen LogP contribution in [0, 0.1) is 11.7 Å². The van der Waals surface area contributed by atoms with Gasteiger partial charge in [0.15, 0.2) is 0 Å². The maximum Gasteiger partial charge on any atom is 0.410 e. The quantitative estimate of drug-likeness (QED) is 0.888. The van der Waals surface area contributed by atoms with E-state index in [0.29, 0.717) is 19.5 Å². The Morgan fingerprint density at radius 3 is 2.74 bits per heavy atom. The lowest BCUT2D eigenvalue weighted by molar-refractivity contribution is 0.0101. The van der Waals surface area contributed by atoms with E-state index < -0.39 is 11.4 Å². The Balaban J connectivity index is 2.09. The van der Waals surface area contributed by atoms with Crippen LogP contribution < -0.4 is 0 Å². The summed E-state index contributed by atoms with van der Waals surface area (Å²) >= 11 is 5.72. The lowest BCUT2D eigenvalue weighted by Gasteiger charge is -2.38. The topological polar surface area (TPSA) is 49.8 Å². The van der Waals surface area contributed by atoms with Gasteiger partial charge in [-0.15, -0.1) is 0 Å². The standard InChI is InChI=1S/C17H23ClFNO3/c1-17(2,3)23-16(22)20-7-6-13(12(9-20)10-21)11-4-5-14(18)15(19)8-11/h4-5,8,12-13,21H,6-7,9-10H2,1-3H3/t12-,13?/m0/s1. The zero-order valence-electron chi connectivity index (χ0n) is 13.7. The number of likely N-dealkylation sites (tertiary alicyclic amines) is 1. The van der Waals surface area contributed by atoms with Crippen LogP contribution in [0.2, 0.25) is 5.02 Å². The summed E-state index contributed by atoms with van der Waals surface area (Å²) in [7, 11) is 0. The minimum Gasteiger partial charge on any atom is -0.444 e. The van der Waals surface area contributed by atoms with Gasteiger partial charge in [0.1, 0.15) is 11.4 Å². The Morgan fingerprint density at radius 2 is 2.17 bits per heavy atom. The highest BCUT2D eigenvalue weighted by atomic mass is 35.5. The number of nitrogens with zero attached hydrogens (tertiary/aromatic N) is 1. The zero-order chi connectivity index (χ0) is 17.2. The Kier molecular flexibility index (Phi) is 5.53. The molecule has 1 fully saturated rings. The molecule has 6 heteroatoms. The summed E-state index contributed by atoms with van der Waals surface area (Å²) in [6, 6.07) is 4.72. The summed E-state index contributed by atoms with van der Waals surface area (Å²) in [5, 5.41) is 9.76. The van der Waals surface area contributed by atoms with E-state index in [1.807, 2.05) is 20.8 Å². The van der Waals surface area contributed by atoms with Crippen LogP contribution in [-0.4, -0.2) is 41.4 Å². The van der Waals surface area contributed by atoms with Gasteiger partial charge < -0.3 is 14.7 Å². The molecule has 4 nitrogen and oxygen atoms in total. The maximum atomic E-state index is 13.7. The van der Waals surface area contributed by atoms with Gasteiger partial charge in [-0.2, -0.15) is 0 Å². The third-order valence-electron chi connectivity index (χ3n) is 3.99. The predicted molar refractivity (Wildman–Crippen MR) is 87.2 cm³/mol. The van der Waals surface area contributed by atoms with E-state index in [1.165, 1.54) is 12.1 Å². The van der Waals surface area contributed by atoms with E-state index in [1.54, 1.807) is 11.0 Å². The van der Waals surface area contributed by atoms with Crippen molar-refractivity contribution >= 4 is 17.7 Å². The average molecular weight is 344 g/mol. The highest BCUT2D eigenvalue weighted by molar-refractivity contribution is 6.30. The first-order chi connectivity index (χ1) is 10.7. The number of aliphatic hydroxyl groups excluding tert-OH is 1. The molecule has 0 spiro atoms. The first kappa shape index (κ1) is 18.0. The van der Waals surface area contributed by atoms with Gasteiger partial charge >= 0.3 is 6.09 Å². The largest absolute Gasteiger partial charge is 0.444 e. The van der Waals surface area contributed by atoms with E-state index in [2.05, 4.69) is 0 Å². The van der Waals surface area contributed by atoms with Gasteiger partial charge in [-0.25, -0.2) is 9.18 Å². The highest BCUT2D eigenvalue weighted by Gasteiger charge is 2.34. The van der Waals surface area contributed by atoms with Crippen LogP contribution in [0.15, 0.2) is 18.2 Å². The zero-order valence-corrected chi connectivity index (χ0v) is 14.4. The smallest absolute Gasteiger partial charge is 0.410 e. The number of aliphatic hydroxyl groups is 1. The second kappa shape index (κ2) is 7.05. The number of ether oxygens (including phenoxy) is 1. The number of hydrogen-bond acceptors (Lipinski definition) is 3. The molecule has 0 aliphatic carbocycles. The molecular weight excluding hydrogens is 321 g/mol.